The van der Waals surface area contributed by atoms with Gasteiger partial charge in [-0.25, -0.2) is 0 Å². The standard InChI is InChI=1S/C14H23N.ClH/c1-2-3-4-5-8-13-9-6-7-10-14(13)11-12-15;/h6-7,9-10H,2-5,8,11-12,15H2,1H3;1H. The second kappa shape index (κ2) is 9.68. The van der Waals surface area contributed by atoms with Crippen molar-refractivity contribution in [2.24, 2.45) is 5.73 Å². The highest BCUT2D eigenvalue weighted by molar-refractivity contribution is 5.85. The summed E-state index contributed by atoms with van der Waals surface area (Å²) in [5.74, 6) is 0. The lowest BCUT2D eigenvalue weighted by atomic mass is 9.99. The summed E-state index contributed by atoms with van der Waals surface area (Å²) < 4.78 is 0. The van der Waals surface area contributed by atoms with E-state index in [0.29, 0.717) is 0 Å². The molecule has 1 nitrogen and oxygen atoms in total. The second-order valence-corrected chi connectivity index (χ2v) is 4.12. The lowest BCUT2D eigenvalue weighted by molar-refractivity contribution is 0.664. The number of unbranched alkanes of at least 4 members (excludes halogenated alkanes) is 3. The van der Waals surface area contributed by atoms with Gasteiger partial charge in [-0.15, -0.1) is 12.4 Å². The monoisotopic (exact) mass is 241 g/mol. The molecule has 0 aromatic heterocycles. The molecule has 0 unspecified atom stereocenters. The summed E-state index contributed by atoms with van der Waals surface area (Å²) in [5.41, 5.74) is 8.55. The molecule has 16 heavy (non-hydrogen) atoms. The lowest BCUT2D eigenvalue weighted by Gasteiger charge is -2.08. The van der Waals surface area contributed by atoms with Crippen LogP contribution in [-0.2, 0) is 12.8 Å². The number of hydrogen-bond donors (Lipinski definition) is 1. The third-order valence-electron chi connectivity index (χ3n) is 2.83. The van der Waals surface area contributed by atoms with Gasteiger partial charge in [-0.2, -0.15) is 0 Å². The molecular weight excluding hydrogens is 218 g/mol. The van der Waals surface area contributed by atoms with Crippen LogP contribution in [0, 0.1) is 0 Å². The minimum Gasteiger partial charge on any atom is -0.330 e. The number of aryl methyl sites for hydroxylation is 1. The van der Waals surface area contributed by atoms with Crippen molar-refractivity contribution in [3.63, 3.8) is 0 Å². The van der Waals surface area contributed by atoms with Crippen LogP contribution in [0.3, 0.4) is 0 Å². The van der Waals surface area contributed by atoms with Crippen molar-refractivity contribution in [3.05, 3.63) is 35.4 Å². The third kappa shape index (κ3) is 5.53. The average Bonchev–Trinajstić information content (AvgIpc) is 2.27. The van der Waals surface area contributed by atoms with Crippen molar-refractivity contribution in [1.29, 1.82) is 0 Å². The Morgan fingerprint density at radius 2 is 1.56 bits per heavy atom. The van der Waals surface area contributed by atoms with E-state index in [1.807, 2.05) is 0 Å². The molecule has 1 rings (SSSR count). The van der Waals surface area contributed by atoms with Crippen molar-refractivity contribution in [2.45, 2.75) is 45.4 Å². The van der Waals surface area contributed by atoms with Gasteiger partial charge in [0.25, 0.3) is 0 Å². The minimum atomic E-state index is 0. The fraction of sp³-hybridized carbons (Fsp3) is 0.571. The summed E-state index contributed by atoms with van der Waals surface area (Å²) >= 11 is 0. The van der Waals surface area contributed by atoms with Crippen LogP contribution >= 0.6 is 12.4 Å². The highest BCUT2D eigenvalue weighted by Crippen LogP contribution is 2.13. The van der Waals surface area contributed by atoms with Gasteiger partial charge in [0, 0.05) is 0 Å². The first-order valence-electron chi connectivity index (χ1n) is 6.15. The van der Waals surface area contributed by atoms with Crippen molar-refractivity contribution in [3.8, 4) is 0 Å². The minimum absolute atomic E-state index is 0. The molecule has 92 valence electrons. The molecule has 2 N–H and O–H groups in total. The van der Waals surface area contributed by atoms with Gasteiger partial charge < -0.3 is 5.73 Å². The molecule has 0 amide bonds. The molecule has 0 heterocycles. The van der Waals surface area contributed by atoms with Gasteiger partial charge in [-0.05, 0) is 36.9 Å². The maximum Gasteiger partial charge on any atom is -0.00366 e. The first kappa shape index (κ1) is 15.5. The zero-order chi connectivity index (χ0) is 10.9. The maximum absolute atomic E-state index is 5.61. The van der Waals surface area contributed by atoms with Crippen LogP contribution in [0.2, 0.25) is 0 Å². The van der Waals surface area contributed by atoms with Crippen LogP contribution in [0.25, 0.3) is 0 Å². The average molecular weight is 242 g/mol. The molecule has 0 aliphatic rings. The van der Waals surface area contributed by atoms with Crippen molar-refractivity contribution < 1.29 is 0 Å². The lowest BCUT2D eigenvalue weighted by Crippen LogP contribution is -2.05. The van der Waals surface area contributed by atoms with Gasteiger partial charge in [0.05, 0.1) is 0 Å². The molecular formula is C14H24ClN. The predicted octanol–water partition coefficient (Wildman–Crippen LogP) is 3.73. The van der Waals surface area contributed by atoms with E-state index in [2.05, 4.69) is 31.2 Å². The summed E-state index contributed by atoms with van der Waals surface area (Å²) in [6, 6.07) is 8.70. The van der Waals surface area contributed by atoms with Gasteiger partial charge in [-0.1, -0.05) is 50.5 Å². The Kier molecular flexibility index (Phi) is 9.36. The van der Waals surface area contributed by atoms with E-state index in [4.69, 9.17) is 5.73 Å². The molecule has 0 atom stereocenters. The van der Waals surface area contributed by atoms with Gasteiger partial charge in [0.15, 0.2) is 0 Å². The second-order valence-electron chi connectivity index (χ2n) is 4.12. The van der Waals surface area contributed by atoms with Gasteiger partial charge in [0.2, 0.25) is 0 Å². The van der Waals surface area contributed by atoms with Crippen LogP contribution in [-0.4, -0.2) is 6.54 Å². The van der Waals surface area contributed by atoms with E-state index < -0.39 is 0 Å². The number of halogens is 1. The van der Waals surface area contributed by atoms with E-state index in [0.717, 1.165) is 13.0 Å². The summed E-state index contributed by atoms with van der Waals surface area (Å²) in [4.78, 5) is 0. The summed E-state index contributed by atoms with van der Waals surface area (Å²) in [7, 11) is 0. The Balaban J connectivity index is 0.00000225. The van der Waals surface area contributed by atoms with Crippen LogP contribution in [0.15, 0.2) is 24.3 Å². The largest absolute Gasteiger partial charge is 0.330 e. The zero-order valence-electron chi connectivity index (χ0n) is 10.2. The highest BCUT2D eigenvalue weighted by atomic mass is 35.5. The third-order valence-corrected chi connectivity index (χ3v) is 2.83. The molecule has 0 radical (unpaired) electrons. The fourth-order valence-corrected chi connectivity index (χ4v) is 1.94. The van der Waals surface area contributed by atoms with Gasteiger partial charge in [-0.3, -0.25) is 0 Å². The first-order chi connectivity index (χ1) is 7.38. The molecule has 0 fully saturated rings. The van der Waals surface area contributed by atoms with Crippen LogP contribution < -0.4 is 5.73 Å². The summed E-state index contributed by atoms with van der Waals surface area (Å²) in [6.07, 6.45) is 7.58. The molecule has 0 saturated carbocycles. The normalized spacial score (nSPS) is 9.88. The van der Waals surface area contributed by atoms with E-state index in [1.54, 1.807) is 0 Å². The Morgan fingerprint density at radius 1 is 0.938 bits per heavy atom. The molecule has 0 aliphatic heterocycles. The van der Waals surface area contributed by atoms with Crippen molar-refractivity contribution >= 4 is 12.4 Å². The van der Waals surface area contributed by atoms with Crippen molar-refractivity contribution in [1.82, 2.24) is 0 Å². The Labute approximate surface area is 106 Å². The molecule has 1 aromatic carbocycles. The van der Waals surface area contributed by atoms with Crippen LogP contribution in [0.4, 0.5) is 0 Å². The smallest absolute Gasteiger partial charge is 0.00366 e. The number of benzene rings is 1. The van der Waals surface area contributed by atoms with Crippen molar-refractivity contribution in [2.75, 3.05) is 6.54 Å². The quantitative estimate of drug-likeness (QED) is 0.724. The van der Waals surface area contributed by atoms with Gasteiger partial charge in [0.1, 0.15) is 0 Å². The maximum atomic E-state index is 5.61. The Hall–Kier alpha value is -0.530. The van der Waals surface area contributed by atoms with E-state index >= 15 is 0 Å². The van der Waals surface area contributed by atoms with E-state index in [-0.39, 0.29) is 12.4 Å². The topological polar surface area (TPSA) is 26.0 Å². The molecule has 0 aliphatic carbocycles. The Bertz CT molecular complexity index is 273. The first-order valence-corrected chi connectivity index (χ1v) is 6.15. The van der Waals surface area contributed by atoms with Gasteiger partial charge >= 0.3 is 0 Å². The van der Waals surface area contributed by atoms with E-state index in [1.165, 1.54) is 43.2 Å². The number of rotatable bonds is 7. The van der Waals surface area contributed by atoms with Crippen LogP contribution in [0.1, 0.15) is 43.7 Å². The predicted molar refractivity (Wildman–Crippen MR) is 74.3 cm³/mol. The molecule has 0 spiro atoms. The number of hydrogen-bond acceptors (Lipinski definition) is 1. The molecule has 1 aromatic rings. The van der Waals surface area contributed by atoms with E-state index in [9.17, 15) is 0 Å². The summed E-state index contributed by atoms with van der Waals surface area (Å²) in [6.45, 7) is 3.01. The Morgan fingerprint density at radius 3 is 2.12 bits per heavy atom. The van der Waals surface area contributed by atoms with Crippen LogP contribution in [0.5, 0.6) is 0 Å². The molecule has 0 saturated heterocycles. The SMILES string of the molecule is CCCCCCc1ccccc1CCN.Cl. The molecule has 0 bridgehead atoms. The molecule has 2 heteroatoms. The summed E-state index contributed by atoms with van der Waals surface area (Å²) in [5, 5.41) is 0. The number of nitrogens with two attached hydrogens (primary N) is 1. The highest BCUT2D eigenvalue weighted by Gasteiger charge is 2.00. The fourth-order valence-electron chi connectivity index (χ4n) is 1.94. The zero-order valence-corrected chi connectivity index (χ0v) is 11.1.